The number of rotatable bonds is 0. The highest BCUT2D eigenvalue weighted by molar-refractivity contribution is 7.80. The van der Waals surface area contributed by atoms with Crippen molar-refractivity contribution in [3.63, 3.8) is 0 Å². The third-order valence-electron chi connectivity index (χ3n) is 0.685. The first-order chi connectivity index (χ1) is 3.89. The van der Waals surface area contributed by atoms with E-state index in [4.69, 9.17) is 12.2 Å². The zero-order chi connectivity index (χ0) is 5.82. The molecule has 0 aromatic carbocycles. The second-order valence-electron chi connectivity index (χ2n) is 1.29. The lowest BCUT2D eigenvalue weighted by Crippen LogP contribution is -1.88. The zero-order valence-electron chi connectivity index (χ0n) is 4.11. The van der Waals surface area contributed by atoms with Crippen LogP contribution in [0.3, 0.4) is 0 Å². The van der Waals surface area contributed by atoms with Gasteiger partial charge >= 0.3 is 0 Å². The van der Waals surface area contributed by atoms with Gasteiger partial charge in [-0.2, -0.15) is 5.11 Å². The molecule has 42 valence electrons. The first-order valence-corrected chi connectivity index (χ1v) is 2.61. The van der Waals surface area contributed by atoms with Crippen molar-refractivity contribution in [1.29, 1.82) is 0 Å². The highest BCUT2D eigenvalue weighted by Crippen LogP contribution is 1.96. The lowest BCUT2D eigenvalue weighted by molar-refractivity contribution is 0.898. The van der Waals surface area contributed by atoms with Crippen LogP contribution >= 0.6 is 12.2 Å². The van der Waals surface area contributed by atoms with Crippen molar-refractivity contribution < 1.29 is 0 Å². The van der Waals surface area contributed by atoms with Crippen molar-refractivity contribution in [3.05, 3.63) is 0 Å². The number of hydrogen-bond donors (Lipinski definition) is 0. The molecule has 1 rings (SSSR count). The van der Waals surface area contributed by atoms with Crippen molar-refractivity contribution >= 4 is 17.2 Å². The van der Waals surface area contributed by atoms with Crippen LogP contribution in [-0.2, 0) is 0 Å². The molecule has 0 N–H and O–H groups in total. The van der Waals surface area contributed by atoms with Crippen LogP contribution in [0.25, 0.3) is 0 Å². The summed E-state index contributed by atoms with van der Waals surface area (Å²) in [6.07, 6.45) is 0.697. The SMILES string of the molecule is S=C1CCN=NN=N1. The molecular formula is C3H4N4S. The predicted molar refractivity (Wildman–Crippen MR) is 31.8 cm³/mol. The lowest BCUT2D eigenvalue weighted by Gasteiger charge is -1.81. The maximum Gasteiger partial charge on any atom is 0.129 e. The third-order valence-corrected chi connectivity index (χ3v) is 0.971. The van der Waals surface area contributed by atoms with Crippen LogP contribution in [0.4, 0.5) is 0 Å². The Kier molecular flexibility index (Phi) is 1.74. The molecule has 1 aliphatic rings. The van der Waals surface area contributed by atoms with Gasteiger partial charge in [0.05, 0.1) is 6.54 Å². The van der Waals surface area contributed by atoms with Gasteiger partial charge in [-0.1, -0.05) is 12.2 Å². The Morgan fingerprint density at radius 1 is 1.38 bits per heavy atom. The van der Waals surface area contributed by atoms with E-state index in [-0.39, 0.29) is 0 Å². The first kappa shape index (κ1) is 5.43. The van der Waals surface area contributed by atoms with E-state index in [1.165, 1.54) is 0 Å². The first-order valence-electron chi connectivity index (χ1n) is 2.20. The number of thiocarbonyl (C=S) groups is 1. The van der Waals surface area contributed by atoms with Crippen LogP contribution in [0.2, 0.25) is 0 Å². The highest BCUT2D eigenvalue weighted by Gasteiger charge is 1.94. The van der Waals surface area contributed by atoms with Crippen molar-refractivity contribution in [2.45, 2.75) is 6.42 Å². The average molecular weight is 128 g/mol. The summed E-state index contributed by atoms with van der Waals surface area (Å²) in [6, 6.07) is 0. The topological polar surface area (TPSA) is 49.4 Å². The zero-order valence-corrected chi connectivity index (χ0v) is 4.93. The van der Waals surface area contributed by atoms with E-state index in [2.05, 4.69) is 20.7 Å². The van der Waals surface area contributed by atoms with Gasteiger partial charge in [-0.3, -0.25) is 0 Å². The third kappa shape index (κ3) is 1.42. The molecular weight excluding hydrogens is 124 g/mol. The molecule has 0 saturated carbocycles. The van der Waals surface area contributed by atoms with Gasteiger partial charge in [0.15, 0.2) is 0 Å². The molecule has 0 amide bonds. The van der Waals surface area contributed by atoms with E-state index in [0.29, 0.717) is 18.0 Å². The normalized spacial score (nSPS) is 18.8. The van der Waals surface area contributed by atoms with E-state index in [1.807, 2.05) is 0 Å². The molecule has 0 aliphatic carbocycles. The van der Waals surface area contributed by atoms with Crippen LogP contribution in [0.1, 0.15) is 6.42 Å². The van der Waals surface area contributed by atoms with Gasteiger partial charge in [0, 0.05) is 6.42 Å². The molecule has 0 fully saturated rings. The maximum absolute atomic E-state index is 4.71. The Morgan fingerprint density at radius 2 is 2.25 bits per heavy atom. The summed E-state index contributed by atoms with van der Waals surface area (Å²) in [5.41, 5.74) is 0. The molecule has 0 aromatic rings. The molecule has 1 aliphatic heterocycles. The summed E-state index contributed by atoms with van der Waals surface area (Å²) in [7, 11) is 0. The molecule has 0 aromatic heterocycles. The van der Waals surface area contributed by atoms with Gasteiger partial charge in [-0.05, 0) is 10.4 Å². The fraction of sp³-hybridized carbons (Fsp3) is 0.667. The van der Waals surface area contributed by atoms with Crippen LogP contribution < -0.4 is 0 Å². The fourth-order valence-corrected chi connectivity index (χ4v) is 0.466. The lowest BCUT2D eigenvalue weighted by atomic mass is 10.4. The van der Waals surface area contributed by atoms with E-state index in [1.54, 1.807) is 0 Å². The smallest absolute Gasteiger partial charge is 0.129 e. The van der Waals surface area contributed by atoms with Gasteiger partial charge in [-0.25, -0.2) is 0 Å². The second kappa shape index (κ2) is 2.56. The Balaban J connectivity index is 2.58. The Hall–Kier alpha value is -0.710. The molecule has 0 spiro atoms. The second-order valence-corrected chi connectivity index (χ2v) is 1.76. The fourth-order valence-electron chi connectivity index (χ4n) is 0.339. The van der Waals surface area contributed by atoms with Gasteiger partial charge in [-0.15, -0.1) is 5.11 Å². The van der Waals surface area contributed by atoms with Gasteiger partial charge in [0.2, 0.25) is 0 Å². The Bertz CT molecular complexity index is 149. The summed E-state index contributed by atoms with van der Waals surface area (Å²) < 4.78 is 0. The van der Waals surface area contributed by atoms with Crippen molar-refractivity contribution in [2.75, 3.05) is 6.54 Å². The summed E-state index contributed by atoms with van der Waals surface area (Å²) in [4.78, 5) is 0.579. The van der Waals surface area contributed by atoms with Crippen LogP contribution in [0.15, 0.2) is 20.7 Å². The Labute approximate surface area is 51.7 Å². The van der Waals surface area contributed by atoms with Gasteiger partial charge in [0.1, 0.15) is 4.99 Å². The summed E-state index contributed by atoms with van der Waals surface area (Å²) in [5, 5.41) is 13.7. The summed E-state index contributed by atoms with van der Waals surface area (Å²) >= 11 is 4.71. The minimum Gasteiger partial charge on any atom is -0.167 e. The van der Waals surface area contributed by atoms with E-state index in [0.717, 1.165) is 0 Å². The van der Waals surface area contributed by atoms with E-state index in [9.17, 15) is 0 Å². The molecule has 8 heavy (non-hydrogen) atoms. The molecule has 0 saturated heterocycles. The van der Waals surface area contributed by atoms with Crippen LogP contribution in [-0.4, -0.2) is 11.5 Å². The van der Waals surface area contributed by atoms with Crippen molar-refractivity contribution in [2.24, 2.45) is 20.7 Å². The van der Waals surface area contributed by atoms with Crippen LogP contribution in [0.5, 0.6) is 0 Å². The van der Waals surface area contributed by atoms with E-state index < -0.39 is 0 Å². The molecule has 5 heteroatoms. The average Bonchev–Trinajstić information content (AvgIpc) is 1.94. The monoisotopic (exact) mass is 128 g/mol. The molecule has 0 bridgehead atoms. The van der Waals surface area contributed by atoms with Crippen molar-refractivity contribution in [3.8, 4) is 0 Å². The number of hydrogen-bond acceptors (Lipinski definition) is 4. The minimum absolute atomic E-state index is 0.579. The molecule has 1 heterocycles. The molecule has 0 atom stereocenters. The maximum atomic E-state index is 4.71. The highest BCUT2D eigenvalue weighted by atomic mass is 32.1. The molecule has 4 nitrogen and oxygen atoms in total. The Morgan fingerprint density at radius 3 is 3.12 bits per heavy atom. The standard InChI is InChI=1S/C3H4N4S/c8-3-1-2-4-6-7-5-3/h1-2H2. The van der Waals surface area contributed by atoms with Gasteiger partial charge in [0.25, 0.3) is 0 Å². The minimum atomic E-state index is 0.579. The van der Waals surface area contributed by atoms with Crippen LogP contribution in [0, 0.1) is 0 Å². The quantitative estimate of drug-likeness (QED) is 0.456. The predicted octanol–water partition coefficient (Wildman–Crippen LogP) is 1.54. The number of nitrogens with zero attached hydrogens (tertiary/aromatic N) is 4. The largest absolute Gasteiger partial charge is 0.167 e. The van der Waals surface area contributed by atoms with Gasteiger partial charge < -0.3 is 0 Å². The summed E-state index contributed by atoms with van der Waals surface area (Å²) in [5.74, 6) is 0. The van der Waals surface area contributed by atoms with E-state index >= 15 is 0 Å². The molecule has 0 radical (unpaired) electrons. The summed E-state index contributed by atoms with van der Waals surface area (Å²) in [6.45, 7) is 0.617. The van der Waals surface area contributed by atoms with Crippen molar-refractivity contribution in [1.82, 2.24) is 0 Å². The molecule has 0 unspecified atom stereocenters.